The molecular weight excluding hydrogens is 602 g/mol. The van der Waals surface area contributed by atoms with Crippen LogP contribution in [0, 0.1) is 0 Å². The van der Waals surface area contributed by atoms with Crippen LogP contribution in [0.4, 0.5) is 37.1 Å². The van der Waals surface area contributed by atoms with Gasteiger partial charge in [0, 0.05) is 62.8 Å². The van der Waals surface area contributed by atoms with Gasteiger partial charge in [-0.1, -0.05) is 13.8 Å². The topological polar surface area (TPSA) is 74.2 Å². The summed E-state index contributed by atoms with van der Waals surface area (Å²) in [7, 11) is 1.83. The molecule has 45 heavy (non-hydrogen) atoms. The van der Waals surface area contributed by atoms with Gasteiger partial charge in [0.05, 0.1) is 11.1 Å². The highest BCUT2D eigenvalue weighted by Crippen LogP contribution is 2.38. The van der Waals surface area contributed by atoms with Crippen LogP contribution in [0.15, 0.2) is 35.7 Å². The Morgan fingerprint density at radius 3 is 1.89 bits per heavy atom. The second kappa shape index (κ2) is 13.0. The smallest absolute Gasteiger partial charge is 0.416 e. The first-order valence-corrected chi connectivity index (χ1v) is 15.0. The molecule has 0 aliphatic carbocycles. The van der Waals surface area contributed by atoms with Crippen molar-refractivity contribution in [2.45, 2.75) is 109 Å². The van der Waals surface area contributed by atoms with Crippen LogP contribution >= 0.6 is 0 Å². The maximum Gasteiger partial charge on any atom is 0.416 e. The predicted molar refractivity (Wildman–Crippen MR) is 158 cm³/mol. The number of carbonyl (C=O) groups excluding carboxylic acids is 1. The maximum atomic E-state index is 13.7. The van der Waals surface area contributed by atoms with Crippen molar-refractivity contribution in [3.05, 3.63) is 52.8 Å². The van der Waals surface area contributed by atoms with Crippen molar-refractivity contribution in [3.8, 4) is 0 Å². The minimum absolute atomic E-state index is 0.0543. The summed E-state index contributed by atoms with van der Waals surface area (Å²) < 4.78 is 88.1. The number of nitrogens with zero attached hydrogens (tertiary/aromatic N) is 6. The highest BCUT2D eigenvalue weighted by Gasteiger charge is 2.42. The molecule has 3 heterocycles. The summed E-state index contributed by atoms with van der Waals surface area (Å²) in [5.41, 5.74) is -2.88. The predicted octanol–water partition coefficient (Wildman–Crippen LogP) is 7.49. The lowest BCUT2D eigenvalue weighted by Crippen LogP contribution is -2.57. The number of carbonyl (C=O) groups is 1. The molecule has 8 nitrogen and oxygen atoms in total. The number of hydrazone groups is 1. The fraction of sp³-hybridized carbons (Fsp3) is 0.613. The zero-order chi connectivity index (χ0) is 33.3. The number of alkyl halides is 6. The largest absolute Gasteiger partial charge is 0.444 e. The van der Waals surface area contributed by atoms with E-state index in [1.165, 1.54) is 0 Å². The fourth-order valence-corrected chi connectivity index (χ4v) is 5.95. The monoisotopic (exact) mass is 642 g/mol. The third-order valence-electron chi connectivity index (χ3n) is 8.11. The first-order valence-electron chi connectivity index (χ1n) is 15.0. The fourth-order valence-electron chi connectivity index (χ4n) is 5.95. The van der Waals surface area contributed by atoms with E-state index >= 15 is 0 Å². The highest BCUT2D eigenvalue weighted by molar-refractivity contribution is 5.70. The number of likely N-dealkylation sites (N-methyl/N-ethyl adjacent to an activating group) is 1. The van der Waals surface area contributed by atoms with Crippen molar-refractivity contribution in [1.29, 1.82) is 0 Å². The number of hydrogen-bond acceptors (Lipinski definition) is 7. The first-order chi connectivity index (χ1) is 20.9. The quantitative estimate of drug-likeness (QED) is 0.292. The molecule has 4 atom stereocenters. The Balaban J connectivity index is 1.74. The van der Waals surface area contributed by atoms with Gasteiger partial charge in [-0.2, -0.15) is 31.4 Å². The summed E-state index contributed by atoms with van der Waals surface area (Å²) in [4.78, 5) is 25.8. The van der Waals surface area contributed by atoms with Gasteiger partial charge in [-0.05, 0) is 75.8 Å². The molecule has 0 spiro atoms. The number of hydrogen-bond donors (Lipinski definition) is 0. The molecule has 14 heteroatoms. The van der Waals surface area contributed by atoms with Crippen molar-refractivity contribution in [3.63, 3.8) is 0 Å². The van der Waals surface area contributed by atoms with Crippen LogP contribution in [0.5, 0.6) is 0 Å². The third-order valence-corrected chi connectivity index (χ3v) is 8.11. The summed E-state index contributed by atoms with van der Waals surface area (Å²) in [5, 5.41) is 6.00. The molecule has 0 N–H and O–H groups in total. The molecule has 1 unspecified atom stereocenters. The highest BCUT2D eigenvalue weighted by atomic mass is 19.4. The summed E-state index contributed by atoms with van der Waals surface area (Å²) in [6, 6.07) is 0.634. The van der Waals surface area contributed by atoms with Crippen molar-refractivity contribution in [1.82, 2.24) is 19.9 Å². The zero-order valence-corrected chi connectivity index (χ0v) is 26.3. The van der Waals surface area contributed by atoms with E-state index in [2.05, 4.69) is 15.1 Å². The number of benzene rings is 1. The van der Waals surface area contributed by atoms with Gasteiger partial charge in [-0.15, -0.1) is 0 Å². The van der Waals surface area contributed by atoms with Gasteiger partial charge in [-0.25, -0.2) is 14.8 Å². The number of piperidine rings is 1. The molecule has 1 amide bonds. The Hall–Kier alpha value is -3.58. The number of rotatable bonds is 7. The van der Waals surface area contributed by atoms with Crippen LogP contribution in [0.1, 0.15) is 88.5 Å². The van der Waals surface area contributed by atoms with Crippen LogP contribution in [-0.4, -0.2) is 69.5 Å². The van der Waals surface area contributed by atoms with Gasteiger partial charge in [0.2, 0.25) is 5.95 Å². The van der Waals surface area contributed by atoms with Crippen LogP contribution in [0.3, 0.4) is 0 Å². The van der Waals surface area contributed by atoms with Crippen molar-refractivity contribution >= 4 is 18.3 Å². The second-order valence-electron chi connectivity index (χ2n) is 12.7. The second-order valence-corrected chi connectivity index (χ2v) is 12.7. The Labute approximate surface area is 259 Å². The molecule has 0 bridgehead atoms. The molecule has 2 aliphatic rings. The van der Waals surface area contributed by atoms with Crippen molar-refractivity contribution in [2.75, 3.05) is 18.5 Å². The van der Waals surface area contributed by atoms with E-state index in [0.29, 0.717) is 32.2 Å². The molecule has 1 aromatic heterocycles. The average Bonchev–Trinajstić information content (AvgIpc) is 3.39. The number of amides is 1. The van der Waals surface area contributed by atoms with E-state index in [1.54, 1.807) is 54.2 Å². The number of anilines is 1. The number of ether oxygens (including phenoxy) is 1. The molecule has 0 radical (unpaired) electrons. The van der Waals surface area contributed by atoms with E-state index in [9.17, 15) is 31.1 Å². The summed E-state index contributed by atoms with van der Waals surface area (Å²) in [6.07, 6.45) is -3.50. The molecular formula is C31H40F6N6O2. The van der Waals surface area contributed by atoms with Gasteiger partial charge < -0.3 is 14.5 Å². The van der Waals surface area contributed by atoms with Gasteiger partial charge in [0.15, 0.2) is 0 Å². The zero-order valence-electron chi connectivity index (χ0n) is 26.3. The van der Waals surface area contributed by atoms with E-state index in [1.807, 2.05) is 20.9 Å². The Morgan fingerprint density at radius 1 is 0.933 bits per heavy atom. The molecule has 1 fully saturated rings. The summed E-state index contributed by atoms with van der Waals surface area (Å²) in [5.74, 6) is 0.120. The van der Waals surface area contributed by atoms with Crippen LogP contribution < -0.4 is 4.90 Å². The minimum atomic E-state index is -4.98. The Kier molecular flexibility index (Phi) is 9.93. The van der Waals surface area contributed by atoms with Crippen LogP contribution in [0.2, 0.25) is 0 Å². The van der Waals surface area contributed by atoms with Crippen LogP contribution in [0.25, 0.3) is 0 Å². The lowest BCUT2D eigenvalue weighted by Gasteiger charge is -2.48. The summed E-state index contributed by atoms with van der Waals surface area (Å²) in [6.45, 7) is 9.51. The normalized spacial score (nSPS) is 22.6. The molecule has 1 saturated heterocycles. The van der Waals surface area contributed by atoms with E-state index in [-0.39, 0.29) is 42.1 Å². The average molecular weight is 643 g/mol. The standard InChI is InChI=1S/C31H40F6N6O2/c1-7-24-12-26(13-25(8-2)43(24)28(44)45-29(3,4)5)42(27-38-14-20(15-39-27)21-16-40-41(6)18-21)17-19-9-22(30(32,33)34)11-23(10-19)31(35,36)37/h9-11,14-16,21,24-26H,7-8,12-13,17-18H2,1-6H3/t21?,24-,25+,26+. The third kappa shape index (κ3) is 8.37. The molecule has 248 valence electrons. The number of likely N-dealkylation sites (tertiary alicyclic amines) is 1. The summed E-state index contributed by atoms with van der Waals surface area (Å²) >= 11 is 0. The van der Waals surface area contributed by atoms with Gasteiger partial charge in [0.1, 0.15) is 5.60 Å². The van der Waals surface area contributed by atoms with E-state index in [0.717, 1.165) is 17.7 Å². The SMILES string of the molecule is CC[C@@H]1C[C@H](N(Cc2cc(C(F)(F)F)cc(C(F)(F)F)c2)c2ncc(C3C=NN(C)C3)cn2)C[C@H](CC)N1C(=O)OC(C)(C)C. The van der Waals surface area contributed by atoms with E-state index < -0.39 is 41.2 Å². The van der Waals surface area contributed by atoms with Crippen LogP contribution in [-0.2, 0) is 23.6 Å². The Bertz CT molecular complexity index is 1310. The molecule has 2 aromatic rings. The maximum absolute atomic E-state index is 13.7. The van der Waals surface area contributed by atoms with Crippen molar-refractivity contribution in [2.24, 2.45) is 5.10 Å². The number of aromatic nitrogens is 2. The Morgan fingerprint density at radius 2 is 1.47 bits per heavy atom. The molecule has 0 saturated carbocycles. The van der Waals surface area contributed by atoms with Crippen molar-refractivity contribution < 1.29 is 35.9 Å². The van der Waals surface area contributed by atoms with Gasteiger partial charge in [0.25, 0.3) is 0 Å². The van der Waals surface area contributed by atoms with Gasteiger partial charge in [-0.3, -0.25) is 5.01 Å². The number of halogens is 6. The lowest BCUT2D eigenvalue weighted by molar-refractivity contribution is -0.143. The molecule has 4 rings (SSSR count). The molecule has 1 aromatic carbocycles. The van der Waals surface area contributed by atoms with Gasteiger partial charge >= 0.3 is 18.4 Å². The first kappa shape index (κ1) is 34.3. The van der Waals surface area contributed by atoms with E-state index in [4.69, 9.17) is 4.74 Å². The molecule has 2 aliphatic heterocycles. The minimum Gasteiger partial charge on any atom is -0.444 e. The lowest BCUT2D eigenvalue weighted by atomic mass is 9.87.